The Morgan fingerprint density at radius 1 is 1.62 bits per heavy atom. The molecule has 0 spiro atoms. The molecule has 0 radical (unpaired) electrons. The molecule has 0 saturated heterocycles. The summed E-state index contributed by atoms with van der Waals surface area (Å²) in [5.41, 5.74) is 7.45. The second kappa shape index (κ2) is 3.27. The lowest BCUT2D eigenvalue weighted by Crippen LogP contribution is -1.95. The minimum absolute atomic E-state index is 0.497. The fraction of sp³-hybridized carbons (Fsp3) is 0.250. The van der Waals surface area contributed by atoms with Crippen LogP contribution in [0.2, 0.25) is 0 Å². The molecule has 0 fully saturated rings. The third-order valence-corrected chi connectivity index (χ3v) is 2.65. The quantitative estimate of drug-likeness (QED) is 0.776. The standard InChI is InChI=1S/C8H10N4S/c1-12-4-6(3-10-12)8-11-7(2-9)5-13-8/h3-5H,2,9H2,1H3. The third-order valence-electron chi connectivity index (χ3n) is 1.71. The van der Waals surface area contributed by atoms with Gasteiger partial charge in [-0.15, -0.1) is 11.3 Å². The first-order chi connectivity index (χ1) is 6.29. The van der Waals surface area contributed by atoms with Gasteiger partial charge < -0.3 is 5.73 Å². The Morgan fingerprint density at radius 2 is 2.46 bits per heavy atom. The van der Waals surface area contributed by atoms with Gasteiger partial charge in [-0.25, -0.2) is 4.98 Å². The largest absolute Gasteiger partial charge is 0.325 e. The van der Waals surface area contributed by atoms with Crippen molar-refractivity contribution in [2.45, 2.75) is 6.54 Å². The first-order valence-electron chi connectivity index (χ1n) is 3.93. The van der Waals surface area contributed by atoms with Crippen molar-refractivity contribution in [1.82, 2.24) is 14.8 Å². The van der Waals surface area contributed by atoms with Crippen molar-refractivity contribution in [2.24, 2.45) is 12.8 Å². The predicted octanol–water partition coefficient (Wildman–Crippen LogP) is 1.00. The summed E-state index contributed by atoms with van der Waals surface area (Å²) >= 11 is 1.60. The van der Waals surface area contributed by atoms with Gasteiger partial charge in [0.15, 0.2) is 0 Å². The summed E-state index contributed by atoms with van der Waals surface area (Å²) in [6.45, 7) is 0.497. The maximum atomic E-state index is 5.47. The molecule has 0 atom stereocenters. The topological polar surface area (TPSA) is 56.7 Å². The lowest BCUT2D eigenvalue weighted by molar-refractivity contribution is 0.768. The predicted molar refractivity (Wildman–Crippen MR) is 52.2 cm³/mol. The van der Waals surface area contributed by atoms with Gasteiger partial charge >= 0.3 is 0 Å². The molecular formula is C8H10N4S. The van der Waals surface area contributed by atoms with Crippen LogP contribution in [-0.2, 0) is 13.6 Å². The molecule has 0 amide bonds. The van der Waals surface area contributed by atoms with Gasteiger partial charge in [0.25, 0.3) is 0 Å². The van der Waals surface area contributed by atoms with Crippen molar-refractivity contribution in [1.29, 1.82) is 0 Å². The van der Waals surface area contributed by atoms with Gasteiger partial charge in [0.1, 0.15) is 5.01 Å². The monoisotopic (exact) mass is 194 g/mol. The van der Waals surface area contributed by atoms with Crippen LogP contribution in [-0.4, -0.2) is 14.8 Å². The minimum atomic E-state index is 0.497. The molecule has 0 aliphatic heterocycles. The van der Waals surface area contributed by atoms with Crippen LogP contribution in [0.15, 0.2) is 17.8 Å². The van der Waals surface area contributed by atoms with Crippen molar-refractivity contribution in [3.05, 3.63) is 23.5 Å². The average molecular weight is 194 g/mol. The number of nitrogens with zero attached hydrogens (tertiary/aromatic N) is 3. The number of nitrogens with two attached hydrogens (primary N) is 1. The summed E-state index contributed by atoms with van der Waals surface area (Å²) in [7, 11) is 1.89. The number of aryl methyl sites for hydroxylation is 1. The molecule has 2 N–H and O–H groups in total. The molecule has 2 aromatic rings. The SMILES string of the molecule is Cn1cc(-c2nc(CN)cs2)cn1. The average Bonchev–Trinajstić information content (AvgIpc) is 2.71. The second-order valence-corrected chi connectivity index (χ2v) is 3.61. The van der Waals surface area contributed by atoms with Gasteiger partial charge in [0.2, 0.25) is 0 Å². The fourth-order valence-corrected chi connectivity index (χ4v) is 1.87. The van der Waals surface area contributed by atoms with Gasteiger partial charge in [-0.1, -0.05) is 0 Å². The van der Waals surface area contributed by atoms with Crippen molar-refractivity contribution >= 4 is 11.3 Å². The molecule has 2 heterocycles. The molecule has 13 heavy (non-hydrogen) atoms. The molecule has 2 rings (SSSR count). The van der Waals surface area contributed by atoms with Gasteiger partial charge in [-0.3, -0.25) is 4.68 Å². The van der Waals surface area contributed by atoms with Gasteiger partial charge in [0, 0.05) is 30.7 Å². The van der Waals surface area contributed by atoms with E-state index in [1.807, 2.05) is 18.6 Å². The Bertz CT molecular complexity index is 404. The fourth-order valence-electron chi connectivity index (χ4n) is 1.06. The molecule has 0 bridgehead atoms. The third kappa shape index (κ3) is 1.61. The molecule has 0 saturated carbocycles. The van der Waals surface area contributed by atoms with Crippen LogP contribution in [0.4, 0.5) is 0 Å². The summed E-state index contributed by atoms with van der Waals surface area (Å²) in [5.74, 6) is 0. The molecule has 0 unspecified atom stereocenters. The van der Waals surface area contributed by atoms with E-state index in [4.69, 9.17) is 5.73 Å². The zero-order valence-electron chi connectivity index (χ0n) is 7.27. The van der Waals surface area contributed by atoms with E-state index in [-0.39, 0.29) is 0 Å². The summed E-state index contributed by atoms with van der Waals surface area (Å²) in [6, 6.07) is 0. The number of rotatable bonds is 2. The van der Waals surface area contributed by atoms with Crippen LogP contribution >= 0.6 is 11.3 Å². The van der Waals surface area contributed by atoms with Crippen LogP contribution in [0.5, 0.6) is 0 Å². The van der Waals surface area contributed by atoms with Crippen LogP contribution in [0.25, 0.3) is 10.6 Å². The van der Waals surface area contributed by atoms with Crippen molar-refractivity contribution < 1.29 is 0 Å². The van der Waals surface area contributed by atoms with E-state index in [1.165, 1.54) is 0 Å². The van der Waals surface area contributed by atoms with Crippen molar-refractivity contribution in [3.8, 4) is 10.6 Å². The minimum Gasteiger partial charge on any atom is -0.325 e. The number of hydrogen-bond acceptors (Lipinski definition) is 4. The van der Waals surface area contributed by atoms with E-state index >= 15 is 0 Å². The number of aromatic nitrogens is 3. The smallest absolute Gasteiger partial charge is 0.126 e. The van der Waals surface area contributed by atoms with E-state index in [2.05, 4.69) is 10.1 Å². The van der Waals surface area contributed by atoms with E-state index in [0.717, 1.165) is 16.3 Å². The molecule has 0 aliphatic carbocycles. The summed E-state index contributed by atoms with van der Waals surface area (Å²) in [6.07, 6.45) is 3.75. The van der Waals surface area contributed by atoms with Gasteiger partial charge in [0.05, 0.1) is 11.9 Å². The first kappa shape index (κ1) is 8.40. The van der Waals surface area contributed by atoms with E-state index in [9.17, 15) is 0 Å². The molecule has 4 nitrogen and oxygen atoms in total. The Balaban J connectivity index is 2.35. The summed E-state index contributed by atoms with van der Waals surface area (Å²) < 4.78 is 1.76. The summed E-state index contributed by atoms with van der Waals surface area (Å²) in [4.78, 5) is 4.35. The molecule has 5 heteroatoms. The molecular weight excluding hydrogens is 184 g/mol. The molecule has 0 aromatic carbocycles. The van der Waals surface area contributed by atoms with Gasteiger partial charge in [-0.2, -0.15) is 5.10 Å². The Hall–Kier alpha value is -1.20. The Kier molecular flexibility index (Phi) is 2.12. The molecule has 2 aromatic heterocycles. The zero-order chi connectivity index (χ0) is 9.26. The van der Waals surface area contributed by atoms with Crippen molar-refractivity contribution in [2.75, 3.05) is 0 Å². The highest BCUT2D eigenvalue weighted by molar-refractivity contribution is 7.13. The number of hydrogen-bond donors (Lipinski definition) is 1. The number of thiazole rings is 1. The van der Waals surface area contributed by atoms with Crippen LogP contribution in [0.1, 0.15) is 5.69 Å². The highest BCUT2D eigenvalue weighted by Crippen LogP contribution is 2.22. The van der Waals surface area contributed by atoms with Crippen LogP contribution in [0.3, 0.4) is 0 Å². The second-order valence-electron chi connectivity index (χ2n) is 2.75. The van der Waals surface area contributed by atoms with Crippen LogP contribution < -0.4 is 5.73 Å². The lowest BCUT2D eigenvalue weighted by atomic mass is 10.4. The first-order valence-corrected chi connectivity index (χ1v) is 4.81. The zero-order valence-corrected chi connectivity index (χ0v) is 8.08. The van der Waals surface area contributed by atoms with E-state index < -0.39 is 0 Å². The molecule has 0 aliphatic rings. The normalized spacial score (nSPS) is 10.6. The van der Waals surface area contributed by atoms with E-state index in [1.54, 1.807) is 22.2 Å². The van der Waals surface area contributed by atoms with Gasteiger partial charge in [-0.05, 0) is 0 Å². The Labute approximate surface area is 80.0 Å². The highest BCUT2D eigenvalue weighted by Gasteiger charge is 2.04. The highest BCUT2D eigenvalue weighted by atomic mass is 32.1. The summed E-state index contributed by atoms with van der Waals surface area (Å²) in [5, 5.41) is 7.03. The Morgan fingerprint density at radius 3 is 3.00 bits per heavy atom. The van der Waals surface area contributed by atoms with Crippen LogP contribution in [0, 0.1) is 0 Å². The maximum absolute atomic E-state index is 5.47. The molecule has 68 valence electrons. The maximum Gasteiger partial charge on any atom is 0.126 e. The lowest BCUT2D eigenvalue weighted by Gasteiger charge is -1.87. The van der Waals surface area contributed by atoms with E-state index in [0.29, 0.717) is 6.54 Å². The van der Waals surface area contributed by atoms with Crippen molar-refractivity contribution in [3.63, 3.8) is 0 Å².